The summed E-state index contributed by atoms with van der Waals surface area (Å²) in [5, 5.41) is 6.84. The zero-order valence-electron chi connectivity index (χ0n) is 9.44. The minimum Gasteiger partial charge on any atom is -0.434 e. The van der Waals surface area contributed by atoms with E-state index in [0.717, 1.165) is 25.7 Å². The van der Waals surface area contributed by atoms with Crippen LogP contribution in [0.3, 0.4) is 0 Å². The summed E-state index contributed by atoms with van der Waals surface area (Å²) >= 11 is 0. The first-order valence-corrected chi connectivity index (χ1v) is 8.38. The lowest BCUT2D eigenvalue weighted by atomic mass is 10.1. The van der Waals surface area contributed by atoms with E-state index in [0.29, 0.717) is 32.4 Å². The fourth-order valence-corrected chi connectivity index (χ4v) is 3.08. The van der Waals surface area contributed by atoms with Crippen LogP contribution in [-0.2, 0) is 9.26 Å². The van der Waals surface area contributed by atoms with E-state index in [1.165, 1.54) is 0 Å². The van der Waals surface area contributed by atoms with Crippen LogP contribution in [0.2, 0.25) is 0 Å². The van der Waals surface area contributed by atoms with Gasteiger partial charge in [0.15, 0.2) is 8.50 Å². The van der Waals surface area contributed by atoms with Gasteiger partial charge in [0, 0.05) is 12.8 Å². The summed E-state index contributed by atoms with van der Waals surface area (Å²) in [7, 11) is 0.184. The van der Waals surface area contributed by atoms with Gasteiger partial charge >= 0.3 is 6.16 Å². The third-order valence-electron chi connectivity index (χ3n) is 3.41. The number of nitrogens with one attached hydrogen (secondary N) is 1. The standard InChI is InChI=1S/C11H15NO3P2/c12-16-17-15-11(13)14-7-10-8-5-3-1-2-4-6-9(8)10/h8-10,12,17H,3-7H2/t8-,9+,10+. The largest absolute Gasteiger partial charge is 0.511 e. The third kappa shape index (κ3) is 3.66. The molecule has 4 nitrogen and oxygen atoms in total. The van der Waals surface area contributed by atoms with Crippen molar-refractivity contribution in [2.75, 3.05) is 6.61 Å². The van der Waals surface area contributed by atoms with Crippen molar-refractivity contribution in [3.05, 3.63) is 0 Å². The number of ether oxygens (including phenoxy) is 1. The lowest BCUT2D eigenvalue weighted by molar-refractivity contribution is 0.0981. The van der Waals surface area contributed by atoms with E-state index in [4.69, 9.17) is 14.4 Å². The molecule has 17 heavy (non-hydrogen) atoms. The zero-order valence-corrected chi connectivity index (χ0v) is 11.3. The average Bonchev–Trinajstić information content (AvgIpc) is 2.94. The Kier molecular flexibility index (Phi) is 4.77. The highest BCUT2D eigenvalue weighted by Gasteiger charge is 2.49. The Morgan fingerprint density at radius 2 is 2.00 bits per heavy atom. The Morgan fingerprint density at radius 3 is 2.59 bits per heavy atom. The fourth-order valence-electron chi connectivity index (χ4n) is 2.54. The number of fused-ring (bicyclic) bond motifs is 1. The maximum atomic E-state index is 11.1. The third-order valence-corrected chi connectivity index (χ3v) is 4.30. The van der Waals surface area contributed by atoms with Crippen LogP contribution in [0, 0.1) is 34.8 Å². The lowest BCUT2D eigenvalue weighted by Gasteiger charge is -2.02. The minimum absolute atomic E-state index is 0.138. The van der Waals surface area contributed by atoms with Crippen LogP contribution in [0.15, 0.2) is 0 Å². The van der Waals surface area contributed by atoms with Gasteiger partial charge < -0.3 is 9.26 Å². The number of carbonyl (C=O) groups is 1. The van der Waals surface area contributed by atoms with E-state index in [-0.39, 0.29) is 8.50 Å². The number of carbonyl (C=O) groups excluding carboxylic acids is 1. The van der Waals surface area contributed by atoms with Crippen molar-refractivity contribution in [1.29, 1.82) is 5.16 Å². The predicted molar refractivity (Wildman–Crippen MR) is 67.1 cm³/mol. The first-order valence-electron chi connectivity index (χ1n) is 5.73. The summed E-state index contributed by atoms with van der Waals surface area (Å²) in [4.78, 5) is 11.1. The summed E-state index contributed by atoms with van der Waals surface area (Å²) in [6.07, 6.45) is 3.59. The minimum atomic E-state index is -0.626. The molecule has 0 spiro atoms. The van der Waals surface area contributed by atoms with Crippen molar-refractivity contribution >= 4 is 22.7 Å². The molecule has 1 N–H and O–H groups in total. The second kappa shape index (κ2) is 6.34. The van der Waals surface area contributed by atoms with Gasteiger partial charge in [-0.2, -0.15) is 0 Å². The molecule has 0 aromatic carbocycles. The Balaban J connectivity index is 1.68. The van der Waals surface area contributed by atoms with Gasteiger partial charge in [-0.05, 0) is 30.6 Å². The molecular formula is C11H15NO3P2. The maximum Gasteiger partial charge on any atom is 0.511 e. The average molecular weight is 271 g/mol. The summed E-state index contributed by atoms with van der Waals surface area (Å²) in [5.41, 5.74) is 0. The van der Waals surface area contributed by atoms with Crippen LogP contribution in [0.1, 0.15) is 25.7 Å². The van der Waals surface area contributed by atoms with E-state index in [1.807, 2.05) is 0 Å². The second-order valence-electron chi connectivity index (χ2n) is 4.29. The molecule has 92 valence electrons. The van der Waals surface area contributed by atoms with Crippen LogP contribution < -0.4 is 0 Å². The van der Waals surface area contributed by atoms with Crippen molar-refractivity contribution in [2.45, 2.75) is 25.7 Å². The molecule has 4 atom stereocenters. The van der Waals surface area contributed by atoms with Crippen LogP contribution in [0.25, 0.3) is 0 Å². The molecule has 1 unspecified atom stereocenters. The van der Waals surface area contributed by atoms with Gasteiger partial charge in [-0.3, -0.25) is 5.16 Å². The quantitative estimate of drug-likeness (QED) is 0.480. The molecule has 2 aliphatic carbocycles. The molecular weight excluding hydrogens is 256 g/mol. The van der Waals surface area contributed by atoms with Crippen molar-refractivity contribution in [3.63, 3.8) is 0 Å². The summed E-state index contributed by atoms with van der Waals surface area (Å²) < 4.78 is 9.77. The fraction of sp³-hybridized carbons (Fsp3) is 0.727. The SMILES string of the molecule is N=PPOC(=O)OC[C@H]1[C@@H]2CCC#CCC[C@@H]21. The van der Waals surface area contributed by atoms with Crippen LogP contribution in [0.4, 0.5) is 4.79 Å². The second-order valence-corrected chi connectivity index (χ2v) is 6.12. The molecule has 1 saturated carbocycles. The van der Waals surface area contributed by atoms with Crippen LogP contribution >= 0.6 is 16.6 Å². The molecule has 0 saturated heterocycles. The van der Waals surface area contributed by atoms with Gasteiger partial charge in [-0.15, -0.1) is 11.8 Å². The number of hydrogen-bond acceptors (Lipinski definition) is 4. The van der Waals surface area contributed by atoms with Gasteiger partial charge in [0.05, 0.1) is 14.7 Å². The highest BCUT2D eigenvalue weighted by molar-refractivity contribution is 8.04. The van der Waals surface area contributed by atoms with E-state index >= 15 is 0 Å². The smallest absolute Gasteiger partial charge is 0.434 e. The topological polar surface area (TPSA) is 59.4 Å². The molecule has 0 aromatic heterocycles. The van der Waals surface area contributed by atoms with Crippen LogP contribution in [0.5, 0.6) is 0 Å². The molecule has 0 aromatic rings. The van der Waals surface area contributed by atoms with Crippen molar-refractivity contribution in [1.82, 2.24) is 0 Å². The first kappa shape index (κ1) is 12.8. The van der Waals surface area contributed by atoms with Gasteiger partial charge in [-0.25, -0.2) is 4.79 Å². The highest BCUT2D eigenvalue weighted by atomic mass is 32.0. The van der Waals surface area contributed by atoms with E-state index in [9.17, 15) is 4.79 Å². The number of hydrogen-bond donors (Lipinski definition) is 1. The lowest BCUT2D eigenvalue weighted by Crippen LogP contribution is -2.06. The van der Waals surface area contributed by atoms with Gasteiger partial charge in [0.2, 0.25) is 0 Å². The molecule has 1 fully saturated rings. The normalized spacial score (nSPS) is 30.9. The molecule has 6 heteroatoms. The molecule has 0 bridgehead atoms. The maximum absolute atomic E-state index is 11.1. The van der Waals surface area contributed by atoms with Crippen molar-refractivity contribution < 1.29 is 14.1 Å². The Hall–Kier alpha value is -0.640. The predicted octanol–water partition coefficient (Wildman–Crippen LogP) is 3.80. The summed E-state index contributed by atoms with van der Waals surface area (Å²) in [6.45, 7) is 0.466. The van der Waals surface area contributed by atoms with E-state index in [1.54, 1.807) is 0 Å². The monoisotopic (exact) mass is 271 g/mol. The zero-order chi connectivity index (χ0) is 12.1. The summed E-state index contributed by atoms with van der Waals surface area (Å²) in [6, 6.07) is 0. The molecule has 0 heterocycles. The van der Waals surface area contributed by atoms with E-state index in [2.05, 4.69) is 11.8 Å². The van der Waals surface area contributed by atoms with E-state index < -0.39 is 6.16 Å². The number of rotatable bonds is 4. The van der Waals surface area contributed by atoms with Crippen molar-refractivity contribution in [3.8, 4) is 11.8 Å². The highest BCUT2D eigenvalue weighted by Crippen LogP contribution is 2.52. The molecule has 0 amide bonds. The molecule has 0 aliphatic heterocycles. The Labute approximate surface area is 104 Å². The Morgan fingerprint density at radius 1 is 1.35 bits per heavy atom. The van der Waals surface area contributed by atoms with Gasteiger partial charge in [0.25, 0.3) is 0 Å². The summed E-state index contributed by atoms with van der Waals surface area (Å²) in [5.74, 6) is 8.19. The molecule has 0 radical (unpaired) electrons. The van der Waals surface area contributed by atoms with Crippen molar-refractivity contribution in [2.24, 2.45) is 17.8 Å². The van der Waals surface area contributed by atoms with Gasteiger partial charge in [0.1, 0.15) is 0 Å². The van der Waals surface area contributed by atoms with Gasteiger partial charge in [-0.1, -0.05) is 0 Å². The first-order chi connectivity index (χ1) is 8.33. The molecule has 2 aliphatic rings. The molecule has 2 rings (SSSR count). The Bertz CT molecular complexity index is 345. The van der Waals surface area contributed by atoms with Crippen LogP contribution in [-0.4, -0.2) is 12.8 Å².